The molecule has 1 aliphatic rings. The molecule has 3 aromatic carbocycles. The van der Waals surface area contributed by atoms with Crippen LogP contribution in [0.25, 0.3) is 22.3 Å². The van der Waals surface area contributed by atoms with Crippen LogP contribution < -0.4 is 0 Å². The molecule has 22 heavy (non-hydrogen) atoms. The molecule has 0 spiro atoms. The molecule has 1 radical (unpaired) electrons. The van der Waals surface area contributed by atoms with Crippen molar-refractivity contribution in [1.82, 2.24) is 0 Å². The Bertz CT molecular complexity index is 850. The second-order valence-electron chi connectivity index (χ2n) is 5.49. The van der Waals surface area contributed by atoms with E-state index in [1.807, 2.05) is 0 Å². The van der Waals surface area contributed by atoms with Gasteiger partial charge in [-0.05, 0) is 51.4 Å². The fraction of sp³-hybridized carbons (Fsp3) is 0.100. The second-order valence-corrected chi connectivity index (χ2v) is 8.55. The van der Waals surface area contributed by atoms with Gasteiger partial charge in [-0.3, -0.25) is 0 Å². The first-order valence-corrected chi connectivity index (χ1v) is 9.08. The van der Waals surface area contributed by atoms with Crippen LogP contribution in [0.15, 0.2) is 60.7 Å². The summed E-state index contributed by atoms with van der Waals surface area (Å²) < 4.78 is 0.148. The van der Waals surface area contributed by atoms with Crippen molar-refractivity contribution < 1.29 is 0 Å². The van der Waals surface area contributed by atoms with E-state index in [4.69, 9.17) is 0 Å². The van der Waals surface area contributed by atoms with E-state index in [1.54, 1.807) is 0 Å². The number of halogens is 2. The van der Waals surface area contributed by atoms with E-state index in [9.17, 15) is 0 Å². The van der Waals surface area contributed by atoms with E-state index < -0.39 is 0 Å². The minimum atomic E-state index is 0.148. The highest BCUT2D eigenvalue weighted by molar-refractivity contribution is 9.24. The van der Waals surface area contributed by atoms with Crippen LogP contribution in [0.3, 0.4) is 0 Å². The molecule has 0 nitrogen and oxygen atoms in total. The van der Waals surface area contributed by atoms with E-state index in [-0.39, 0.29) is 3.74 Å². The zero-order valence-corrected chi connectivity index (χ0v) is 15.0. The highest BCUT2D eigenvalue weighted by atomic mass is 79.9. The monoisotopic (exact) mass is 411 g/mol. The zero-order chi connectivity index (χ0) is 15.1. The lowest BCUT2D eigenvalue weighted by molar-refractivity contribution is 1.26. The Morgan fingerprint density at radius 2 is 1.50 bits per heavy atom. The summed E-state index contributed by atoms with van der Waals surface area (Å²) in [6.07, 6.45) is 0.980. The molecule has 0 fully saturated rings. The van der Waals surface area contributed by atoms with Gasteiger partial charge in [0.05, 0.1) is 3.74 Å². The van der Waals surface area contributed by atoms with Crippen molar-refractivity contribution in [1.29, 1.82) is 0 Å². The Balaban J connectivity index is 1.83. The minimum Gasteiger partial charge on any atom is -0.0712 e. The van der Waals surface area contributed by atoms with Crippen molar-refractivity contribution in [2.75, 3.05) is 0 Å². The van der Waals surface area contributed by atoms with E-state index >= 15 is 0 Å². The highest BCUT2D eigenvalue weighted by Crippen LogP contribution is 2.41. The average Bonchev–Trinajstić information content (AvgIpc) is 2.92. The topological polar surface area (TPSA) is 0 Å². The fourth-order valence-electron chi connectivity index (χ4n) is 3.15. The number of alkyl halides is 2. The Hall–Kier alpha value is -1.38. The van der Waals surface area contributed by atoms with Crippen molar-refractivity contribution in [3.05, 3.63) is 83.4 Å². The predicted molar refractivity (Wildman–Crippen MR) is 99.6 cm³/mol. The van der Waals surface area contributed by atoms with Crippen LogP contribution in [0, 0.1) is 6.07 Å². The van der Waals surface area contributed by atoms with Gasteiger partial charge in [0.15, 0.2) is 0 Å². The fourth-order valence-corrected chi connectivity index (χ4v) is 3.95. The maximum absolute atomic E-state index is 3.64. The molecule has 0 aromatic heterocycles. The number of hydrogen-bond acceptors (Lipinski definition) is 0. The summed E-state index contributed by atoms with van der Waals surface area (Å²) in [4.78, 5) is 0. The average molecular weight is 413 g/mol. The Morgan fingerprint density at radius 3 is 2.32 bits per heavy atom. The Kier molecular flexibility index (Phi) is 3.67. The minimum absolute atomic E-state index is 0.148. The van der Waals surface area contributed by atoms with Gasteiger partial charge < -0.3 is 0 Å². The molecule has 0 bridgehead atoms. The number of fused-ring (bicyclic) bond motifs is 3. The summed E-state index contributed by atoms with van der Waals surface area (Å²) in [5, 5.41) is 0. The third-order valence-electron chi connectivity index (χ3n) is 4.19. The zero-order valence-electron chi connectivity index (χ0n) is 11.8. The van der Waals surface area contributed by atoms with Crippen molar-refractivity contribution in [3.8, 4) is 22.3 Å². The van der Waals surface area contributed by atoms with Crippen LogP contribution in [0.2, 0.25) is 0 Å². The molecule has 107 valence electrons. The van der Waals surface area contributed by atoms with Crippen LogP contribution in [-0.2, 0) is 6.42 Å². The molecular weight excluding hydrogens is 400 g/mol. The van der Waals surface area contributed by atoms with E-state index in [1.165, 1.54) is 33.4 Å². The summed E-state index contributed by atoms with van der Waals surface area (Å²) in [5.74, 6) is 0. The molecular formula is C20H13Br2. The van der Waals surface area contributed by atoms with Gasteiger partial charge in [-0.25, -0.2) is 0 Å². The van der Waals surface area contributed by atoms with E-state index in [0.717, 1.165) is 12.0 Å². The van der Waals surface area contributed by atoms with Crippen LogP contribution in [0.4, 0.5) is 0 Å². The lowest BCUT2D eigenvalue weighted by atomic mass is 9.96. The molecule has 0 amide bonds. The molecule has 0 unspecified atom stereocenters. The Labute approximate surface area is 147 Å². The standard InChI is InChI=1S/C20H13Br2/c21-20(22)19-8-4-3-7-17(19)14-9-10-18-15(12-14)11-13-5-1-2-6-16(13)18/h1-10,20H,11H2. The van der Waals surface area contributed by atoms with E-state index in [0.29, 0.717) is 0 Å². The highest BCUT2D eigenvalue weighted by Gasteiger charge is 2.19. The lowest BCUT2D eigenvalue weighted by Crippen LogP contribution is -1.90. The number of benzene rings is 3. The summed E-state index contributed by atoms with van der Waals surface area (Å²) in [7, 11) is 0. The van der Waals surface area contributed by atoms with Gasteiger partial charge in [0.1, 0.15) is 0 Å². The van der Waals surface area contributed by atoms with Crippen LogP contribution in [-0.4, -0.2) is 0 Å². The largest absolute Gasteiger partial charge is 0.0952 e. The predicted octanol–water partition coefficient (Wildman–Crippen LogP) is 6.51. The number of rotatable bonds is 2. The third-order valence-corrected chi connectivity index (χ3v) is 5.17. The maximum Gasteiger partial charge on any atom is 0.0952 e. The van der Waals surface area contributed by atoms with Crippen molar-refractivity contribution in [3.63, 3.8) is 0 Å². The first-order valence-electron chi connectivity index (χ1n) is 7.25. The summed E-state index contributed by atoms with van der Waals surface area (Å²) in [6.45, 7) is 0. The van der Waals surface area contributed by atoms with E-state index in [2.05, 4.69) is 98.6 Å². The van der Waals surface area contributed by atoms with Gasteiger partial charge >= 0.3 is 0 Å². The quantitative estimate of drug-likeness (QED) is 0.329. The van der Waals surface area contributed by atoms with Gasteiger partial charge in [0, 0.05) is 0 Å². The van der Waals surface area contributed by atoms with Gasteiger partial charge in [-0.2, -0.15) is 0 Å². The van der Waals surface area contributed by atoms with Gasteiger partial charge in [0.25, 0.3) is 0 Å². The molecule has 1 aliphatic carbocycles. The summed E-state index contributed by atoms with van der Waals surface area (Å²) in [6, 6.07) is 25.1. The molecule has 0 aliphatic heterocycles. The molecule has 0 saturated heterocycles. The van der Waals surface area contributed by atoms with Crippen molar-refractivity contribution >= 4 is 31.9 Å². The van der Waals surface area contributed by atoms with Crippen LogP contribution >= 0.6 is 31.9 Å². The normalized spacial score (nSPS) is 12.3. The van der Waals surface area contributed by atoms with Crippen molar-refractivity contribution in [2.45, 2.75) is 10.2 Å². The smallest absolute Gasteiger partial charge is 0.0712 e. The lowest BCUT2D eigenvalue weighted by Gasteiger charge is -2.11. The molecule has 0 atom stereocenters. The first kappa shape index (κ1) is 14.2. The summed E-state index contributed by atoms with van der Waals surface area (Å²) in [5.41, 5.74) is 8.99. The molecule has 0 heterocycles. The van der Waals surface area contributed by atoms with Crippen molar-refractivity contribution in [2.24, 2.45) is 0 Å². The Morgan fingerprint density at radius 1 is 0.773 bits per heavy atom. The maximum atomic E-state index is 3.64. The number of hydrogen-bond donors (Lipinski definition) is 0. The molecule has 2 heteroatoms. The molecule has 0 N–H and O–H groups in total. The van der Waals surface area contributed by atoms with Crippen LogP contribution in [0.1, 0.15) is 20.4 Å². The molecule has 0 saturated carbocycles. The second kappa shape index (κ2) is 5.68. The molecule has 3 aromatic rings. The van der Waals surface area contributed by atoms with Gasteiger partial charge in [0.2, 0.25) is 0 Å². The van der Waals surface area contributed by atoms with Crippen LogP contribution in [0.5, 0.6) is 0 Å². The SMILES string of the molecule is BrC(Br)c1ccccc1-c1[c]c2c(cc1)-c1ccccc1C2. The van der Waals surface area contributed by atoms with Gasteiger partial charge in [-0.15, -0.1) is 0 Å². The van der Waals surface area contributed by atoms with Gasteiger partial charge in [-0.1, -0.05) is 92.5 Å². The molecule has 4 rings (SSSR count). The first-order chi connectivity index (χ1) is 10.7. The third kappa shape index (κ3) is 2.35. The summed E-state index contributed by atoms with van der Waals surface area (Å²) >= 11 is 7.24.